The summed E-state index contributed by atoms with van der Waals surface area (Å²) >= 11 is 0. The van der Waals surface area contributed by atoms with E-state index < -0.39 is 29.1 Å². The maximum atomic E-state index is 14.4. The molecule has 0 unspecified atom stereocenters. The normalized spacial score (nSPS) is 12.0. The monoisotopic (exact) mass is 357 g/mol. The van der Waals surface area contributed by atoms with Crippen LogP contribution >= 0.6 is 0 Å². The van der Waals surface area contributed by atoms with E-state index in [-0.39, 0.29) is 28.3 Å². The van der Waals surface area contributed by atoms with Gasteiger partial charge in [0.05, 0.1) is 23.9 Å². The van der Waals surface area contributed by atoms with Gasteiger partial charge in [0.2, 0.25) is 0 Å². The maximum absolute atomic E-state index is 14.4. The van der Waals surface area contributed by atoms with Crippen LogP contribution in [0.4, 0.5) is 22.0 Å². The number of hydrogen-bond donors (Lipinski definition) is 0. The summed E-state index contributed by atoms with van der Waals surface area (Å²) in [5.74, 6) is -2.01. The molecular weight excluding hydrogens is 345 g/mol. The van der Waals surface area contributed by atoms with Crippen LogP contribution in [0.3, 0.4) is 0 Å². The Balaban J connectivity index is 2.40. The quantitative estimate of drug-likeness (QED) is 0.642. The molecule has 4 nitrogen and oxygen atoms in total. The highest BCUT2D eigenvalue weighted by Crippen LogP contribution is 2.37. The van der Waals surface area contributed by atoms with Crippen LogP contribution in [-0.4, -0.2) is 21.7 Å². The standard InChI is InChI=1S/C16H12F5N3O/c1-7-4-12(16(19,20)21)24-15(22-7)13(8(2)23-24)14-10(17)5-9(25-3)6-11(14)18/h4-6H,1-3H3. The maximum Gasteiger partial charge on any atom is 0.433 e. The van der Waals surface area contributed by atoms with Gasteiger partial charge in [-0.05, 0) is 19.9 Å². The van der Waals surface area contributed by atoms with Gasteiger partial charge in [-0.3, -0.25) is 0 Å². The Bertz CT molecular complexity index is 955. The molecule has 2 heterocycles. The highest BCUT2D eigenvalue weighted by molar-refractivity contribution is 5.81. The molecule has 9 heteroatoms. The Kier molecular flexibility index (Phi) is 3.89. The molecule has 3 aromatic rings. The second kappa shape index (κ2) is 5.68. The molecule has 1 aromatic carbocycles. The first kappa shape index (κ1) is 17.1. The van der Waals surface area contributed by atoms with E-state index in [4.69, 9.17) is 4.74 Å². The molecule has 25 heavy (non-hydrogen) atoms. The molecule has 0 N–H and O–H groups in total. The number of aromatic nitrogens is 3. The number of nitrogens with zero attached hydrogens (tertiary/aromatic N) is 3. The number of fused-ring (bicyclic) bond motifs is 1. The fraction of sp³-hybridized carbons (Fsp3) is 0.250. The highest BCUT2D eigenvalue weighted by atomic mass is 19.4. The van der Waals surface area contributed by atoms with Crippen molar-refractivity contribution in [3.8, 4) is 16.9 Å². The number of aryl methyl sites for hydroxylation is 2. The summed E-state index contributed by atoms with van der Waals surface area (Å²) in [6.45, 7) is 2.73. The summed E-state index contributed by atoms with van der Waals surface area (Å²) < 4.78 is 73.9. The largest absolute Gasteiger partial charge is 0.497 e. The van der Waals surface area contributed by atoms with E-state index >= 15 is 0 Å². The molecule has 0 aliphatic carbocycles. The van der Waals surface area contributed by atoms with Gasteiger partial charge in [-0.2, -0.15) is 18.3 Å². The minimum absolute atomic E-state index is 0.0200. The molecule has 0 saturated heterocycles. The SMILES string of the molecule is COc1cc(F)c(-c2c(C)nn3c(C(F)(F)F)cc(C)nc23)c(F)c1. The summed E-state index contributed by atoms with van der Waals surface area (Å²) in [7, 11) is 1.25. The summed E-state index contributed by atoms with van der Waals surface area (Å²) in [6.07, 6.45) is -4.70. The van der Waals surface area contributed by atoms with Gasteiger partial charge in [0.25, 0.3) is 0 Å². The van der Waals surface area contributed by atoms with E-state index in [1.807, 2.05) is 0 Å². The Morgan fingerprint density at radius 1 is 1.00 bits per heavy atom. The lowest BCUT2D eigenvalue weighted by molar-refractivity contribution is -0.142. The van der Waals surface area contributed by atoms with Crippen molar-refractivity contribution in [3.63, 3.8) is 0 Å². The van der Waals surface area contributed by atoms with Crippen LogP contribution in [0.2, 0.25) is 0 Å². The van der Waals surface area contributed by atoms with Crippen molar-refractivity contribution in [3.05, 3.63) is 46.9 Å². The van der Waals surface area contributed by atoms with Gasteiger partial charge >= 0.3 is 6.18 Å². The Morgan fingerprint density at radius 2 is 1.60 bits per heavy atom. The van der Waals surface area contributed by atoms with Crippen LogP contribution in [0.25, 0.3) is 16.8 Å². The van der Waals surface area contributed by atoms with Crippen molar-refractivity contribution in [1.29, 1.82) is 0 Å². The van der Waals surface area contributed by atoms with Gasteiger partial charge in [0.1, 0.15) is 23.1 Å². The zero-order valence-corrected chi connectivity index (χ0v) is 13.4. The first-order valence-corrected chi connectivity index (χ1v) is 7.11. The number of alkyl halides is 3. The predicted octanol–water partition coefficient (Wildman–Crippen LogP) is 4.32. The summed E-state index contributed by atoms with van der Waals surface area (Å²) in [5, 5.41) is 3.79. The molecule has 0 radical (unpaired) electrons. The lowest BCUT2D eigenvalue weighted by Gasteiger charge is -2.10. The van der Waals surface area contributed by atoms with Crippen LogP contribution in [0.5, 0.6) is 5.75 Å². The van der Waals surface area contributed by atoms with Crippen molar-refractivity contribution >= 4 is 5.65 Å². The number of hydrogen-bond acceptors (Lipinski definition) is 3. The average Bonchev–Trinajstić information content (AvgIpc) is 2.81. The van der Waals surface area contributed by atoms with Crippen molar-refractivity contribution in [1.82, 2.24) is 14.6 Å². The summed E-state index contributed by atoms with van der Waals surface area (Å²) in [5.41, 5.74) is -1.90. The highest BCUT2D eigenvalue weighted by Gasteiger charge is 2.36. The molecule has 0 amide bonds. The van der Waals surface area contributed by atoms with Crippen LogP contribution in [0.1, 0.15) is 17.1 Å². The topological polar surface area (TPSA) is 39.4 Å². The molecular formula is C16H12F5N3O. The third-order valence-corrected chi connectivity index (χ3v) is 3.68. The van der Waals surface area contributed by atoms with Gasteiger partial charge in [-0.25, -0.2) is 18.3 Å². The number of ether oxygens (including phenoxy) is 1. The molecule has 0 bridgehead atoms. The van der Waals surface area contributed by atoms with Gasteiger partial charge in [-0.15, -0.1) is 0 Å². The fourth-order valence-electron chi connectivity index (χ4n) is 2.65. The number of benzene rings is 1. The smallest absolute Gasteiger partial charge is 0.433 e. The van der Waals surface area contributed by atoms with Gasteiger partial charge in [0, 0.05) is 17.8 Å². The molecule has 2 aromatic heterocycles. The third-order valence-electron chi connectivity index (χ3n) is 3.68. The van der Waals surface area contributed by atoms with E-state index in [2.05, 4.69) is 10.1 Å². The van der Waals surface area contributed by atoms with Crippen molar-refractivity contribution in [2.75, 3.05) is 7.11 Å². The summed E-state index contributed by atoms with van der Waals surface area (Å²) in [6, 6.07) is 2.72. The van der Waals surface area contributed by atoms with E-state index in [1.165, 1.54) is 21.0 Å². The van der Waals surface area contributed by atoms with E-state index in [9.17, 15) is 22.0 Å². The Morgan fingerprint density at radius 3 is 2.12 bits per heavy atom. The van der Waals surface area contributed by atoms with Crippen LogP contribution in [-0.2, 0) is 6.18 Å². The number of methoxy groups -OCH3 is 1. The van der Waals surface area contributed by atoms with Gasteiger partial charge in [0.15, 0.2) is 5.65 Å². The lowest BCUT2D eigenvalue weighted by atomic mass is 10.0. The first-order chi connectivity index (χ1) is 11.6. The predicted molar refractivity (Wildman–Crippen MR) is 79.4 cm³/mol. The fourth-order valence-corrected chi connectivity index (χ4v) is 2.65. The third kappa shape index (κ3) is 2.79. The average molecular weight is 357 g/mol. The molecule has 132 valence electrons. The second-order valence-corrected chi connectivity index (χ2v) is 5.44. The van der Waals surface area contributed by atoms with Gasteiger partial charge < -0.3 is 4.74 Å². The molecule has 0 aliphatic rings. The molecule has 0 fully saturated rings. The van der Waals surface area contributed by atoms with Crippen LogP contribution < -0.4 is 4.74 Å². The van der Waals surface area contributed by atoms with E-state index in [0.717, 1.165) is 18.2 Å². The van der Waals surface area contributed by atoms with Crippen molar-refractivity contribution < 1.29 is 26.7 Å². The molecule has 3 rings (SSSR count). The van der Waals surface area contributed by atoms with Crippen LogP contribution in [0, 0.1) is 25.5 Å². The van der Waals surface area contributed by atoms with Gasteiger partial charge in [-0.1, -0.05) is 0 Å². The zero-order chi connectivity index (χ0) is 18.5. The second-order valence-electron chi connectivity index (χ2n) is 5.44. The van der Waals surface area contributed by atoms with E-state index in [0.29, 0.717) is 4.52 Å². The molecule has 0 saturated carbocycles. The first-order valence-electron chi connectivity index (χ1n) is 7.11. The molecule has 0 spiro atoms. The minimum Gasteiger partial charge on any atom is -0.497 e. The van der Waals surface area contributed by atoms with Crippen LogP contribution in [0.15, 0.2) is 18.2 Å². The summed E-state index contributed by atoms with van der Waals surface area (Å²) in [4.78, 5) is 4.01. The zero-order valence-electron chi connectivity index (χ0n) is 13.4. The minimum atomic E-state index is -4.70. The molecule has 0 aliphatic heterocycles. The van der Waals surface area contributed by atoms with Crippen molar-refractivity contribution in [2.45, 2.75) is 20.0 Å². The molecule has 0 atom stereocenters. The number of rotatable bonds is 2. The number of halogens is 5. The Hall–Kier alpha value is -2.71. The lowest BCUT2D eigenvalue weighted by Crippen LogP contribution is -2.14. The van der Waals surface area contributed by atoms with E-state index in [1.54, 1.807) is 0 Å². The van der Waals surface area contributed by atoms with Crippen molar-refractivity contribution in [2.24, 2.45) is 0 Å². The Labute approximate surface area is 138 Å².